The summed E-state index contributed by atoms with van der Waals surface area (Å²) < 4.78 is 25.1. The maximum Gasteiger partial charge on any atom is 0.262 e. The first-order valence-corrected chi connectivity index (χ1v) is 18.1. The monoisotopic (exact) mass is 688 g/mol. The van der Waals surface area contributed by atoms with Crippen molar-refractivity contribution in [2.24, 2.45) is 16.9 Å². The molecule has 1 aliphatic carbocycles. The number of benzene rings is 1. The highest BCUT2D eigenvalue weighted by molar-refractivity contribution is 7.88. The van der Waals surface area contributed by atoms with Gasteiger partial charge in [0.2, 0.25) is 21.8 Å². The van der Waals surface area contributed by atoms with Crippen molar-refractivity contribution < 1.29 is 22.8 Å². The maximum atomic E-state index is 14.4. The fourth-order valence-corrected chi connectivity index (χ4v) is 9.07. The third kappa shape index (κ3) is 5.78. The largest absolute Gasteiger partial charge is 0.352 e. The van der Waals surface area contributed by atoms with E-state index in [2.05, 4.69) is 23.3 Å². The molecule has 1 aromatic rings. The number of carbonyl (C=O) groups is 3. The van der Waals surface area contributed by atoms with Gasteiger partial charge >= 0.3 is 0 Å². The van der Waals surface area contributed by atoms with Crippen molar-refractivity contribution in [3.8, 4) is 0 Å². The Bertz CT molecular complexity index is 1680. The van der Waals surface area contributed by atoms with Gasteiger partial charge in [-0.3, -0.25) is 14.4 Å². The number of carbonyl (C=O) groups excluding carboxylic acids is 3. The van der Waals surface area contributed by atoms with E-state index in [4.69, 9.17) is 28.3 Å². The van der Waals surface area contributed by atoms with E-state index in [-0.39, 0.29) is 48.7 Å². The Morgan fingerprint density at radius 3 is 2.61 bits per heavy atom. The van der Waals surface area contributed by atoms with Crippen LogP contribution in [0.5, 0.6) is 0 Å². The summed E-state index contributed by atoms with van der Waals surface area (Å²) in [5, 5.41) is 13.2. The highest BCUT2D eigenvalue weighted by atomic mass is 35.5. The molecule has 2 saturated heterocycles. The van der Waals surface area contributed by atoms with Gasteiger partial charge in [-0.2, -0.15) is 5.10 Å². The fraction of sp³-hybridized carbons (Fsp3) is 0.500. The zero-order valence-electron chi connectivity index (χ0n) is 25.8. The lowest BCUT2D eigenvalue weighted by Crippen LogP contribution is -2.68. The van der Waals surface area contributed by atoms with Gasteiger partial charge in [-0.05, 0) is 61.3 Å². The highest BCUT2D eigenvalue weighted by Gasteiger charge is 2.64. The topological polar surface area (TPSA) is 131 Å². The van der Waals surface area contributed by atoms with Gasteiger partial charge in [0.05, 0.1) is 12.3 Å². The molecule has 2 N–H and O–H groups in total. The molecule has 11 nitrogen and oxygen atoms in total. The van der Waals surface area contributed by atoms with Crippen LogP contribution in [-0.4, -0.2) is 90.7 Å². The predicted molar refractivity (Wildman–Crippen MR) is 178 cm³/mol. The van der Waals surface area contributed by atoms with Crippen molar-refractivity contribution in [2.45, 2.75) is 56.5 Å². The van der Waals surface area contributed by atoms with Gasteiger partial charge in [-0.15, -0.1) is 0 Å². The Labute approximate surface area is 279 Å². The molecule has 4 aliphatic heterocycles. The first kappa shape index (κ1) is 32.7. The number of rotatable bonds is 7. The number of sulfonamides is 1. The molecule has 246 valence electrons. The van der Waals surface area contributed by atoms with E-state index in [1.807, 2.05) is 30.0 Å². The third-order valence-electron chi connectivity index (χ3n) is 9.95. The summed E-state index contributed by atoms with van der Waals surface area (Å²) in [6.45, 7) is 6.71. The van der Waals surface area contributed by atoms with Crippen molar-refractivity contribution >= 4 is 62.5 Å². The number of nitrogens with one attached hydrogen (secondary N) is 2. The van der Waals surface area contributed by atoms with E-state index < -0.39 is 21.5 Å². The lowest BCUT2D eigenvalue weighted by Gasteiger charge is -2.56. The van der Waals surface area contributed by atoms with Crippen LogP contribution in [0.2, 0.25) is 5.02 Å². The van der Waals surface area contributed by atoms with E-state index in [0.717, 1.165) is 11.1 Å². The summed E-state index contributed by atoms with van der Waals surface area (Å²) in [5.41, 5.74) is 1.13. The zero-order valence-corrected chi connectivity index (χ0v) is 28.2. The number of amides is 3. The number of piperidine rings is 2. The van der Waals surface area contributed by atoms with Crippen molar-refractivity contribution in [3.05, 3.63) is 64.2 Å². The van der Waals surface area contributed by atoms with Gasteiger partial charge in [-0.1, -0.05) is 60.5 Å². The molecular formula is C32H38Cl2N6O5S. The summed E-state index contributed by atoms with van der Waals surface area (Å²) in [4.78, 5) is 43.0. The molecule has 4 heterocycles. The molecule has 3 amide bonds. The van der Waals surface area contributed by atoms with Crippen molar-refractivity contribution in [3.63, 3.8) is 0 Å². The predicted octanol–water partition coefficient (Wildman–Crippen LogP) is 3.58. The molecule has 46 heavy (non-hydrogen) atoms. The van der Waals surface area contributed by atoms with E-state index in [1.165, 1.54) is 15.6 Å². The van der Waals surface area contributed by atoms with Crippen LogP contribution in [0.3, 0.4) is 0 Å². The standard InChI is InChI=1S/C32H38Cl2N6O5S/c1-4-19(2)30-32(24-9-8-22(34)15-26(24)36-31(32)43)25(20-6-5-7-21(33)14-20)16-27-37-40(29(42)18-39(27)30)17-28(41)35-23-10-12-38(13-11-23)46(3,44)45/h5-9,15,20,23,25,30H,2,4,10-14,16-18H2,1,3H3,(H,35,41)(H,36,43)/t20?,25-,30+,32-/m0/s1. The minimum atomic E-state index is -3.28. The van der Waals surface area contributed by atoms with Crippen LogP contribution in [0.15, 0.2) is 58.7 Å². The molecule has 0 radical (unpaired) electrons. The van der Waals surface area contributed by atoms with Crippen LogP contribution in [0.4, 0.5) is 5.69 Å². The summed E-state index contributed by atoms with van der Waals surface area (Å²) >= 11 is 12.9. The fourth-order valence-electron chi connectivity index (χ4n) is 7.77. The van der Waals surface area contributed by atoms with Crippen LogP contribution in [0.25, 0.3) is 0 Å². The van der Waals surface area contributed by atoms with Gasteiger partial charge in [0, 0.05) is 41.3 Å². The number of hydrogen-bond acceptors (Lipinski definition) is 7. The van der Waals surface area contributed by atoms with Gasteiger partial charge in [0.1, 0.15) is 24.3 Å². The molecule has 0 saturated carbocycles. The lowest BCUT2D eigenvalue weighted by molar-refractivity contribution is -0.140. The molecule has 14 heteroatoms. The molecule has 2 fully saturated rings. The normalized spacial score (nSPS) is 28.4. The second-order valence-electron chi connectivity index (χ2n) is 12.7. The number of hydrazone groups is 1. The first-order chi connectivity index (χ1) is 21.8. The van der Waals surface area contributed by atoms with Crippen LogP contribution in [0, 0.1) is 11.8 Å². The van der Waals surface area contributed by atoms with Crippen LogP contribution < -0.4 is 10.6 Å². The Morgan fingerprint density at radius 1 is 1.20 bits per heavy atom. The van der Waals surface area contributed by atoms with Crippen LogP contribution in [0.1, 0.15) is 44.6 Å². The second kappa shape index (κ2) is 12.4. The number of allylic oxidation sites excluding steroid dienone is 4. The van der Waals surface area contributed by atoms with E-state index in [1.54, 1.807) is 12.1 Å². The number of halogens is 2. The third-order valence-corrected chi connectivity index (χ3v) is 11.8. The van der Waals surface area contributed by atoms with Crippen molar-refractivity contribution in [1.82, 2.24) is 19.5 Å². The molecule has 1 aromatic carbocycles. The smallest absolute Gasteiger partial charge is 0.262 e. The SMILES string of the molecule is C=C(CC)[C@H]1N2CC(=O)N(CC(=O)NC3CCN(S(C)(=O)=O)CC3)N=C2C[C@@H](C2C=CC=C(Cl)C2)[C@]12C(=O)Nc1cc(Cl)ccc12. The Morgan fingerprint density at radius 2 is 1.93 bits per heavy atom. The average Bonchev–Trinajstić information content (AvgIpc) is 3.27. The summed E-state index contributed by atoms with van der Waals surface area (Å²) in [5.74, 6) is -0.723. The second-order valence-corrected chi connectivity index (χ2v) is 15.6. The maximum absolute atomic E-state index is 14.4. The highest BCUT2D eigenvalue weighted by Crippen LogP contribution is 2.57. The zero-order chi connectivity index (χ0) is 33.0. The molecular weight excluding hydrogens is 651 g/mol. The Balaban J connectivity index is 1.33. The number of nitrogens with zero attached hydrogens (tertiary/aromatic N) is 4. The minimum absolute atomic E-state index is 0.0750. The van der Waals surface area contributed by atoms with E-state index in [9.17, 15) is 22.8 Å². The summed E-state index contributed by atoms with van der Waals surface area (Å²) in [7, 11) is -3.28. The van der Waals surface area contributed by atoms with Crippen molar-refractivity contribution in [1.29, 1.82) is 0 Å². The summed E-state index contributed by atoms with van der Waals surface area (Å²) in [6.07, 6.45) is 9.47. The van der Waals surface area contributed by atoms with Crippen LogP contribution >= 0.6 is 23.2 Å². The molecule has 0 bridgehead atoms. The number of hydrogen-bond donors (Lipinski definition) is 2. The van der Waals surface area contributed by atoms with Crippen LogP contribution in [-0.2, 0) is 29.8 Å². The molecule has 1 spiro atoms. The number of amidine groups is 1. The number of anilines is 1. The van der Waals surface area contributed by atoms with Gasteiger partial charge < -0.3 is 15.5 Å². The lowest BCUT2D eigenvalue weighted by atomic mass is 9.56. The Kier molecular flexibility index (Phi) is 8.86. The molecule has 5 aliphatic rings. The van der Waals surface area contributed by atoms with E-state index >= 15 is 0 Å². The van der Waals surface area contributed by atoms with Gasteiger partial charge in [0.15, 0.2) is 0 Å². The average molecular weight is 690 g/mol. The number of fused-ring (bicyclic) bond motifs is 3. The van der Waals surface area contributed by atoms with Gasteiger partial charge in [-0.25, -0.2) is 17.7 Å². The minimum Gasteiger partial charge on any atom is -0.352 e. The molecule has 0 aromatic heterocycles. The van der Waals surface area contributed by atoms with Crippen molar-refractivity contribution in [2.75, 3.05) is 37.8 Å². The quantitative estimate of drug-likeness (QED) is 0.421. The molecule has 4 atom stereocenters. The van der Waals surface area contributed by atoms with E-state index in [0.29, 0.717) is 66.8 Å². The molecule has 1 unspecified atom stereocenters. The Hall–Kier alpha value is -3.19. The summed E-state index contributed by atoms with van der Waals surface area (Å²) in [6, 6.07) is 4.65. The molecule has 6 rings (SSSR count). The first-order valence-electron chi connectivity index (χ1n) is 15.5. The van der Waals surface area contributed by atoms with Gasteiger partial charge in [0.25, 0.3) is 5.91 Å².